The summed E-state index contributed by atoms with van der Waals surface area (Å²) in [5.41, 5.74) is 7.44. The Hall–Kier alpha value is -1.23. The van der Waals surface area contributed by atoms with Crippen molar-refractivity contribution < 1.29 is 9.90 Å². The first-order chi connectivity index (χ1) is 8.63. The smallest absolute Gasteiger partial charge is 0.320 e. The molecule has 4 N–H and O–H groups in total. The number of hydrogen-bond donors (Lipinski definition) is 3. The van der Waals surface area contributed by atoms with Gasteiger partial charge in [0, 0.05) is 12.2 Å². The largest absolute Gasteiger partial charge is 0.480 e. The Balaban J connectivity index is 0. The lowest BCUT2D eigenvalue weighted by atomic mass is 10.1. The van der Waals surface area contributed by atoms with Gasteiger partial charge in [0.05, 0.1) is 0 Å². The van der Waals surface area contributed by atoms with Gasteiger partial charge < -0.3 is 16.2 Å². The molecule has 0 aliphatic rings. The van der Waals surface area contributed by atoms with Crippen molar-refractivity contribution >= 4 is 36.5 Å². The second kappa shape index (κ2) is 11.6. The first-order valence-electron chi connectivity index (χ1n) is 6.05. The number of carbonyl (C=O) groups is 1. The van der Waals surface area contributed by atoms with E-state index < -0.39 is 12.0 Å². The Morgan fingerprint density at radius 1 is 1.35 bits per heavy atom. The van der Waals surface area contributed by atoms with Gasteiger partial charge in [0.1, 0.15) is 6.04 Å². The summed E-state index contributed by atoms with van der Waals surface area (Å²) in [5, 5.41) is 12.0. The van der Waals surface area contributed by atoms with Crippen LogP contribution in [0.3, 0.4) is 0 Å². The highest BCUT2D eigenvalue weighted by Gasteiger charge is 2.11. The third kappa shape index (κ3) is 8.04. The van der Waals surface area contributed by atoms with Crippen LogP contribution in [0.15, 0.2) is 36.9 Å². The van der Waals surface area contributed by atoms with Gasteiger partial charge in [-0.25, -0.2) is 0 Å². The number of allylic oxidation sites excluding steroid dienone is 1. The number of anilines is 1. The van der Waals surface area contributed by atoms with Crippen LogP contribution in [0.5, 0.6) is 0 Å². The van der Waals surface area contributed by atoms with Gasteiger partial charge >= 0.3 is 5.97 Å². The number of rotatable bonds is 8. The van der Waals surface area contributed by atoms with E-state index in [2.05, 4.69) is 11.9 Å². The second-order valence-electron chi connectivity index (χ2n) is 4.20. The molecule has 0 aromatic heterocycles. The highest BCUT2D eigenvalue weighted by Crippen LogP contribution is 2.11. The Kier molecular flexibility index (Phi) is 12.2. The monoisotopic (exact) mass is 320 g/mol. The summed E-state index contributed by atoms with van der Waals surface area (Å²) < 4.78 is 0. The van der Waals surface area contributed by atoms with Crippen molar-refractivity contribution in [1.29, 1.82) is 0 Å². The van der Waals surface area contributed by atoms with Crippen LogP contribution >= 0.6 is 24.8 Å². The summed E-state index contributed by atoms with van der Waals surface area (Å²) in [5.74, 6) is -0.971. The quantitative estimate of drug-likeness (QED) is 0.508. The third-order valence-corrected chi connectivity index (χ3v) is 2.64. The fourth-order valence-corrected chi connectivity index (χ4v) is 1.58. The molecule has 0 radical (unpaired) electrons. The number of halogens is 2. The molecule has 0 saturated carbocycles. The lowest BCUT2D eigenvalue weighted by Crippen LogP contribution is -2.32. The van der Waals surface area contributed by atoms with E-state index in [0.717, 1.165) is 30.6 Å². The number of nitrogens with one attached hydrogen (secondary N) is 1. The predicted molar refractivity (Wildman–Crippen MR) is 88.2 cm³/mol. The molecule has 0 bridgehead atoms. The van der Waals surface area contributed by atoms with Gasteiger partial charge in [-0.1, -0.05) is 18.2 Å². The van der Waals surface area contributed by atoms with Crippen molar-refractivity contribution in [3.8, 4) is 0 Å². The van der Waals surface area contributed by atoms with Crippen molar-refractivity contribution in [2.75, 3.05) is 11.9 Å². The van der Waals surface area contributed by atoms with Crippen LogP contribution in [0, 0.1) is 0 Å². The predicted octanol–water partition coefficient (Wildman–Crippen LogP) is 2.86. The van der Waals surface area contributed by atoms with Gasteiger partial charge in [-0.2, -0.15) is 0 Å². The van der Waals surface area contributed by atoms with Crippen LogP contribution in [0.25, 0.3) is 0 Å². The van der Waals surface area contributed by atoms with Gasteiger partial charge in [0.25, 0.3) is 0 Å². The summed E-state index contributed by atoms with van der Waals surface area (Å²) in [6.07, 6.45) is 4.30. The molecule has 20 heavy (non-hydrogen) atoms. The van der Waals surface area contributed by atoms with Crippen molar-refractivity contribution in [3.05, 3.63) is 42.5 Å². The second-order valence-corrected chi connectivity index (χ2v) is 4.20. The maximum Gasteiger partial charge on any atom is 0.320 e. The van der Waals surface area contributed by atoms with Gasteiger partial charge in [-0.15, -0.1) is 31.4 Å². The Morgan fingerprint density at radius 3 is 2.45 bits per heavy atom. The first kappa shape index (κ1) is 21.1. The maximum absolute atomic E-state index is 10.6. The van der Waals surface area contributed by atoms with Crippen LogP contribution in [-0.2, 0) is 11.2 Å². The SMILES string of the molecule is C=CCCCNc1ccc(C[C@H](N)C(=O)O)cc1.Cl.Cl. The van der Waals surface area contributed by atoms with Crippen LogP contribution in [0.1, 0.15) is 18.4 Å². The third-order valence-electron chi connectivity index (χ3n) is 2.64. The summed E-state index contributed by atoms with van der Waals surface area (Å²) in [7, 11) is 0. The lowest BCUT2D eigenvalue weighted by molar-refractivity contribution is -0.138. The summed E-state index contributed by atoms with van der Waals surface area (Å²) in [6.45, 7) is 4.57. The highest BCUT2D eigenvalue weighted by molar-refractivity contribution is 5.85. The van der Waals surface area contributed by atoms with E-state index in [9.17, 15) is 4.79 Å². The van der Waals surface area contributed by atoms with Crippen molar-refractivity contribution in [3.63, 3.8) is 0 Å². The first-order valence-corrected chi connectivity index (χ1v) is 6.05. The number of unbranched alkanes of at least 4 members (excludes halogenated alkanes) is 1. The topological polar surface area (TPSA) is 75.3 Å². The highest BCUT2D eigenvalue weighted by atomic mass is 35.5. The van der Waals surface area contributed by atoms with Crippen LogP contribution in [-0.4, -0.2) is 23.7 Å². The molecule has 0 saturated heterocycles. The minimum absolute atomic E-state index is 0. The molecule has 1 rings (SSSR count). The van der Waals surface area contributed by atoms with Crippen LogP contribution in [0.4, 0.5) is 5.69 Å². The number of carboxylic acid groups (broad SMARTS) is 1. The summed E-state index contributed by atoms with van der Waals surface area (Å²) in [4.78, 5) is 10.6. The van der Waals surface area contributed by atoms with E-state index >= 15 is 0 Å². The Bertz CT molecular complexity index is 397. The Labute approximate surface area is 132 Å². The molecular formula is C14H22Cl2N2O2. The average molecular weight is 321 g/mol. The number of nitrogens with two attached hydrogens (primary N) is 1. The van der Waals surface area contributed by atoms with Crippen molar-refractivity contribution in [2.24, 2.45) is 5.73 Å². The van der Waals surface area contributed by atoms with Crippen molar-refractivity contribution in [1.82, 2.24) is 0 Å². The standard InChI is InChI=1S/C14H20N2O2.2ClH/c1-2-3-4-9-16-12-7-5-11(6-8-12)10-13(15)14(17)18;;/h2,5-8,13,16H,1,3-4,9-10,15H2,(H,17,18);2*1H/t13-;;/m0../s1. The fraction of sp³-hybridized carbons (Fsp3) is 0.357. The summed E-state index contributed by atoms with van der Waals surface area (Å²) >= 11 is 0. The van der Waals surface area contributed by atoms with Gasteiger partial charge in [-0.3, -0.25) is 4.79 Å². The molecule has 1 atom stereocenters. The molecule has 0 heterocycles. The van der Waals surface area contributed by atoms with E-state index in [1.165, 1.54) is 0 Å². The molecule has 0 aliphatic heterocycles. The molecule has 114 valence electrons. The van der Waals surface area contributed by atoms with E-state index in [0.29, 0.717) is 6.42 Å². The average Bonchev–Trinajstić information content (AvgIpc) is 2.36. The van der Waals surface area contributed by atoms with E-state index in [1.807, 2.05) is 30.3 Å². The van der Waals surface area contributed by atoms with Crippen LogP contribution in [0.2, 0.25) is 0 Å². The zero-order valence-electron chi connectivity index (χ0n) is 11.2. The maximum atomic E-state index is 10.6. The molecule has 1 aromatic rings. The molecule has 0 fully saturated rings. The molecule has 4 nitrogen and oxygen atoms in total. The van der Waals surface area contributed by atoms with Gasteiger partial charge in [0.15, 0.2) is 0 Å². The van der Waals surface area contributed by atoms with E-state index in [4.69, 9.17) is 10.8 Å². The molecule has 0 amide bonds. The van der Waals surface area contributed by atoms with E-state index in [-0.39, 0.29) is 24.8 Å². The number of aliphatic carboxylic acids is 1. The summed E-state index contributed by atoms with van der Waals surface area (Å²) in [6, 6.07) is 6.85. The van der Waals surface area contributed by atoms with Gasteiger partial charge in [-0.05, 0) is 37.0 Å². The fourth-order valence-electron chi connectivity index (χ4n) is 1.58. The molecule has 1 aromatic carbocycles. The zero-order valence-corrected chi connectivity index (χ0v) is 12.9. The minimum atomic E-state index is -0.971. The van der Waals surface area contributed by atoms with Crippen molar-refractivity contribution in [2.45, 2.75) is 25.3 Å². The lowest BCUT2D eigenvalue weighted by Gasteiger charge is -2.09. The normalized spacial score (nSPS) is 10.7. The molecular weight excluding hydrogens is 299 g/mol. The number of carboxylic acids is 1. The zero-order chi connectivity index (χ0) is 13.4. The number of benzene rings is 1. The molecule has 6 heteroatoms. The van der Waals surface area contributed by atoms with Crippen LogP contribution < -0.4 is 11.1 Å². The number of hydrogen-bond acceptors (Lipinski definition) is 3. The molecule has 0 spiro atoms. The molecule has 0 unspecified atom stereocenters. The van der Waals surface area contributed by atoms with E-state index in [1.54, 1.807) is 0 Å². The molecule has 0 aliphatic carbocycles. The van der Waals surface area contributed by atoms with Gasteiger partial charge in [0.2, 0.25) is 0 Å². The minimum Gasteiger partial charge on any atom is -0.480 e. The Morgan fingerprint density at radius 2 is 1.95 bits per heavy atom.